The zero-order chi connectivity index (χ0) is 9.60. The SMILES string of the molecule is CC1(C2CCCCC2)CC2CCC1C2. The van der Waals surface area contributed by atoms with Crippen LogP contribution in [0.2, 0.25) is 0 Å². The lowest BCUT2D eigenvalue weighted by Crippen LogP contribution is -2.34. The molecular weight excluding hydrogens is 168 g/mol. The van der Waals surface area contributed by atoms with Crippen molar-refractivity contribution in [1.82, 2.24) is 0 Å². The minimum absolute atomic E-state index is 0.781. The van der Waals surface area contributed by atoms with E-state index in [1.54, 1.807) is 38.5 Å². The Morgan fingerprint density at radius 1 is 0.857 bits per heavy atom. The Morgan fingerprint density at radius 2 is 1.64 bits per heavy atom. The summed E-state index contributed by atoms with van der Waals surface area (Å²) < 4.78 is 0. The van der Waals surface area contributed by atoms with Crippen molar-refractivity contribution >= 4 is 0 Å². The second-order valence-electron chi connectivity index (χ2n) is 6.42. The number of hydrogen-bond acceptors (Lipinski definition) is 0. The Balaban J connectivity index is 1.75. The maximum Gasteiger partial charge on any atom is -0.0266 e. The standard InChI is InChI=1S/C14H24/c1-14(12-5-3-2-4-6-12)10-11-7-8-13(14)9-11/h11-13H,2-10H2,1H3. The van der Waals surface area contributed by atoms with Crippen LogP contribution in [0.25, 0.3) is 0 Å². The second-order valence-corrected chi connectivity index (χ2v) is 6.42. The molecule has 3 fully saturated rings. The van der Waals surface area contributed by atoms with Crippen LogP contribution in [-0.2, 0) is 0 Å². The monoisotopic (exact) mass is 192 g/mol. The van der Waals surface area contributed by atoms with Crippen molar-refractivity contribution in [2.75, 3.05) is 0 Å². The van der Waals surface area contributed by atoms with Gasteiger partial charge in [-0.25, -0.2) is 0 Å². The molecule has 3 rings (SSSR count). The normalized spacial score (nSPS) is 48.6. The molecule has 3 aliphatic rings. The van der Waals surface area contributed by atoms with Gasteiger partial charge < -0.3 is 0 Å². The van der Waals surface area contributed by atoms with Gasteiger partial charge in [-0.3, -0.25) is 0 Å². The van der Waals surface area contributed by atoms with Crippen LogP contribution in [-0.4, -0.2) is 0 Å². The van der Waals surface area contributed by atoms with Crippen molar-refractivity contribution in [2.24, 2.45) is 23.2 Å². The lowest BCUT2D eigenvalue weighted by atomic mass is 9.62. The first-order valence-corrected chi connectivity index (χ1v) is 6.79. The van der Waals surface area contributed by atoms with Gasteiger partial charge in [0.05, 0.1) is 0 Å². The van der Waals surface area contributed by atoms with Crippen LogP contribution < -0.4 is 0 Å². The van der Waals surface area contributed by atoms with Crippen molar-refractivity contribution in [1.29, 1.82) is 0 Å². The van der Waals surface area contributed by atoms with Crippen molar-refractivity contribution in [3.63, 3.8) is 0 Å². The van der Waals surface area contributed by atoms with Gasteiger partial charge in [0.2, 0.25) is 0 Å². The van der Waals surface area contributed by atoms with Gasteiger partial charge in [0.1, 0.15) is 0 Å². The summed E-state index contributed by atoms with van der Waals surface area (Å²) in [6.45, 7) is 2.63. The first kappa shape index (κ1) is 9.24. The zero-order valence-corrected chi connectivity index (χ0v) is 9.60. The molecule has 0 saturated heterocycles. The Kier molecular flexibility index (Phi) is 2.15. The molecule has 2 bridgehead atoms. The molecule has 3 saturated carbocycles. The van der Waals surface area contributed by atoms with Crippen LogP contribution in [0.15, 0.2) is 0 Å². The van der Waals surface area contributed by atoms with E-state index in [0.29, 0.717) is 0 Å². The van der Waals surface area contributed by atoms with Crippen LogP contribution in [0, 0.1) is 23.2 Å². The van der Waals surface area contributed by atoms with E-state index < -0.39 is 0 Å². The second kappa shape index (κ2) is 3.25. The highest BCUT2D eigenvalue weighted by atomic mass is 14.6. The van der Waals surface area contributed by atoms with Gasteiger partial charge in [-0.1, -0.05) is 32.6 Å². The van der Waals surface area contributed by atoms with Crippen molar-refractivity contribution < 1.29 is 0 Å². The van der Waals surface area contributed by atoms with E-state index in [1.807, 2.05) is 0 Å². The summed E-state index contributed by atoms with van der Waals surface area (Å²) in [7, 11) is 0. The fourth-order valence-corrected chi connectivity index (χ4v) is 4.91. The van der Waals surface area contributed by atoms with Gasteiger partial charge in [-0.15, -0.1) is 0 Å². The molecule has 0 N–H and O–H groups in total. The summed E-state index contributed by atoms with van der Waals surface area (Å²) in [5, 5.41) is 0. The molecule has 0 aliphatic heterocycles. The maximum atomic E-state index is 2.63. The van der Waals surface area contributed by atoms with E-state index >= 15 is 0 Å². The topological polar surface area (TPSA) is 0 Å². The molecule has 80 valence electrons. The van der Waals surface area contributed by atoms with Gasteiger partial charge >= 0.3 is 0 Å². The molecule has 0 amide bonds. The molecule has 14 heavy (non-hydrogen) atoms. The molecule has 0 aromatic rings. The summed E-state index contributed by atoms with van der Waals surface area (Å²) in [5.41, 5.74) is 0.781. The molecule has 0 aromatic carbocycles. The summed E-state index contributed by atoms with van der Waals surface area (Å²) in [6.07, 6.45) is 14.0. The van der Waals surface area contributed by atoms with Crippen molar-refractivity contribution in [3.8, 4) is 0 Å². The van der Waals surface area contributed by atoms with Gasteiger partial charge in [0, 0.05) is 0 Å². The minimum atomic E-state index is 0.781. The van der Waals surface area contributed by atoms with Crippen LogP contribution in [0.5, 0.6) is 0 Å². The lowest BCUT2D eigenvalue weighted by Gasteiger charge is -2.43. The van der Waals surface area contributed by atoms with Crippen molar-refractivity contribution in [3.05, 3.63) is 0 Å². The molecule has 0 aromatic heterocycles. The Morgan fingerprint density at radius 3 is 2.21 bits per heavy atom. The van der Waals surface area contributed by atoms with Gasteiger partial charge in [-0.2, -0.15) is 0 Å². The first-order valence-electron chi connectivity index (χ1n) is 6.79. The van der Waals surface area contributed by atoms with E-state index in [0.717, 1.165) is 23.2 Å². The summed E-state index contributed by atoms with van der Waals surface area (Å²) in [6, 6.07) is 0. The summed E-state index contributed by atoms with van der Waals surface area (Å²) >= 11 is 0. The largest absolute Gasteiger partial charge is 0.0591 e. The molecule has 3 aliphatic carbocycles. The molecule has 0 heterocycles. The molecule has 0 nitrogen and oxygen atoms in total. The highest BCUT2D eigenvalue weighted by Gasteiger charge is 2.51. The van der Waals surface area contributed by atoms with Gasteiger partial charge in [0.15, 0.2) is 0 Å². The average Bonchev–Trinajstić information content (AvgIpc) is 2.79. The maximum absolute atomic E-state index is 2.63. The molecule has 0 radical (unpaired) electrons. The third kappa shape index (κ3) is 1.26. The summed E-state index contributed by atoms with van der Waals surface area (Å²) in [4.78, 5) is 0. The van der Waals surface area contributed by atoms with E-state index in [1.165, 1.54) is 19.3 Å². The van der Waals surface area contributed by atoms with Crippen LogP contribution in [0.3, 0.4) is 0 Å². The van der Waals surface area contributed by atoms with E-state index in [-0.39, 0.29) is 0 Å². The predicted octanol–water partition coefficient (Wildman–Crippen LogP) is 4.39. The highest BCUT2D eigenvalue weighted by Crippen LogP contribution is 2.61. The van der Waals surface area contributed by atoms with Crippen molar-refractivity contribution in [2.45, 2.75) is 64.7 Å². The predicted molar refractivity (Wildman–Crippen MR) is 60.1 cm³/mol. The smallest absolute Gasteiger partial charge is 0.0266 e. The number of hydrogen-bond donors (Lipinski definition) is 0. The molecular formula is C14H24. The van der Waals surface area contributed by atoms with Crippen LogP contribution >= 0.6 is 0 Å². The van der Waals surface area contributed by atoms with Gasteiger partial charge in [-0.05, 0) is 55.3 Å². The Labute approximate surface area is 88.5 Å². The molecule has 3 unspecified atom stereocenters. The number of fused-ring (bicyclic) bond motifs is 2. The zero-order valence-electron chi connectivity index (χ0n) is 9.60. The third-order valence-electron chi connectivity index (χ3n) is 5.74. The fraction of sp³-hybridized carbons (Fsp3) is 1.00. The van der Waals surface area contributed by atoms with Gasteiger partial charge in [0.25, 0.3) is 0 Å². The summed E-state index contributed by atoms with van der Waals surface area (Å²) in [5.74, 6) is 3.36. The van der Waals surface area contributed by atoms with E-state index in [4.69, 9.17) is 0 Å². The Hall–Kier alpha value is 0. The van der Waals surface area contributed by atoms with E-state index in [9.17, 15) is 0 Å². The molecule has 0 heteroatoms. The fourth-order valence-electron chi connectivity index (χ4n) is 4.91. The third-order valence-corrected chi connectivity index (χ3v) is 5.74. The quantitative estimate of drug-likeness (QED) is 0.578. The first-order chi connectivity index (χ1) is 6.79. The van der Waals surface area contributed by atoms with Crippen LogP contribution in [0.1, 0.15) is 64.7 Å². The average molecular weight is 192 g/mol. The highest BCUT2D eigenvalue weighted by molar-refractivity contribution is 5.01. The minimum Gasteiger partial charge on any atom is -0.0591 e. The lowest BCUT2D eigenvalue weighted by molar-refractivity contribution is 0.0684. The van der Waals surface area contributed by atoms with Crippen LogP contribution in [0.4, 0.5) is 0 Å². The molecule has 3 atom stereocenters. The number of rotatable bonds is 1. The Bertz CT molecular complexity index is 214. The van der Waals surface area contributed by atoms with E-state index in [2.05, 4.69) is 6.92 Å². The molecule has 0 spiro atoms.